The van der Waals surface area contributed by atoms with Gasteiger partial charge >= 0.3 is 0 Å². The van der Waals surface area contributed by atoms with Crippen molar-refractivity contribution in [2.45, 2.75) is 0 Å². The number of ether oxygens (including phenoxy) is 1. The van der Waals surface area contributed by atoms with Crippen molar-refractivity contribution in [2.24, 2.45) is 11.1 Å². The van der Waals surface area contributed by atoms with Crippen LogP contribution in [0.25, 0.3) is 0 Å². The van der Waals surface area contributed by atoms with Crippen molar-refractivity contribution < 1.29 is 9.94 Å². The van der Waals surface area contributed by atoms with E-state index in [1.165, 1.54) is 0 Å². The van der Waals surface area contributed by atoms with Crippen LogP contribution >= 0.6 is 0 Å². The predicted molar refractivity (Wildman–Crippen MR) is 63.1 cm³/mol. The molecule has 2 rings (SSSR count). The Morgan fingerprint density at radius 1 is 1.19 bits per heavy atom. The van der Waals surface area contributed by atoms with E-state index in [0.717, 1.165) is 11.3 Å². The summed E-state index contributed by atoms with van der Waals surface area (Å²) in [7, 11) is 1.62. The van der Waals surface area contributed by atoms with Crippen LogP contribution in [-0.2, 0) is 0 Å². The van der Waals surface area contributed by atoms with E-state index in [1.807, 2.05) is 48.6 Å². The maximum absolute atomic E-state index is 9.06. The van der Waals surface area contributed by atoms with Crippen LogP contribution in [0.3, 0.4) is 0 Å². The van der Waals surface area contributed by atoms with Crippen molar-refractivity contribution >= 4 is 5.71 Å². The minimum absolute atomic E-state index is 0.0541. The van der Waals surface area contributed by atoms with Crippen LogP contribution < -0.4 is 4.74 Å². The first-order valence-electron chi connectivity index (χ1n) is 5.06. The Kier molecular flexibility index (Phi) is 3.05. The molecule has 0 radical (unpaired) electrons. The standard InChI is InChI=1S/C13H13NO2/c1-16-12-8-6-11(7-9-12)13(14-15)10-4-2-3-5-10/h2-10,15H,1H3. The predicted octanol–water partition coefficient (Wildman–Crippen LogP) is 2.62. The van der Waals surface area contributed by atoms with Crippen LogP contribution in [0.4, 0.5) is 0 Å². The highest BCUT2D eigenvalue weighted by molar-refractivity contribution is 6.04. The van der Waals surface area contributed by atoms with Crippen LogP contribution in [0.2, 0.25) is 0 Å². The summed E-state index contributed by atoms with van der Waals surface area (Å²) in [5.41, 5.74) is 1.54. The minimum Gasteiger partial charge on any atom is -0.497 e. The van der Waals surface area contributed by atoms with Gasteiger partial charge in [0.05, 0.1) is 12.8 Å². The summed E-state index contributed by atoms with van der Waals surface area (Å²) in [6.07, 6.45) is 7.86. The Morgan fingerprint density at radius 3 is 2.31 bits per heavy atom. The number of hydrogen-bond acceptors (Lipinski definition) is 3. The number of nitrogens with zero attached hydrogens (tertiary/aromatic N) is 1. The third kappa shape index (κ3) is 1.98. The highest BCUT2D eigenvalue weighted by atomic mass is 16.5. The Morgan fingerprint density at radius 2 is 1.81 bits per heavy atom. The van der Waals surface area contributed by atoms with E-state index in [-0.39, 0.29) is 5.92 Å². The van der Waals surface area contributed by atoms with Crippen LogP contribution in [0.5, 0.6) is 5.75 Å². The largest absolute Gasteiger partial charge is 0.497 e. The minimum atomic E-state index is 0.0541. The fourth-order valence-electron chi connectivity index (χ4n) is 1.69. The summed E-state index contributed by atoms with van der Waals surface area (Å²) in [5.74, 6) is 0.844. The molecule has 0 atom stereocenters. The molecule has 1 N–H and O–H groups in total. The summed E-state index contributed by atoms with van der Waals surface area (Å²) in [6, 6.07) is 7.47. The fourth-order valence-corrected chi connectivity index (χ4v) is 1.69. The van der Waals surface area contributed by atoms with Gasteiger partial charge in [0.25, 0.3) is 0 Å². The molecule has 1 aromatic rings. The molecule has 3 heteroatoms. The lowest BCUT2D eigenvalue weighted by atomic mass is 9.98. The molecule has 82 valence electrons. The molecular formula is C13H13NO2. The summed E-state index contributed by atoms with van der Waals surface area (Å²) in [5, 5.41) is 12.4. The van der Waals surface area contributed by atoms with E-state index in [1.54, 1.807) is 7.11 Å². The summed E-state index contributed by atoms with van der Waals surface area (Å²) in [6.45, 7) is 0. The molecule has 0 saturated carbocycles. The van der Waals surface area contributed by atoms with Crippen molar-refractivity contribution in [1.82, 2.24) is 0 Å². The first-order valence-corrected chi connectivity index (χ1v) is 5.06. The maximum Gasteiger partial charge on any atom is 0.118 e. The Labute approximate surface area is 94.4 Å². The van der Waals surface area contributed by atoms with Gasteiger partial charge in [0, 0.05) is 11.5 Å². The molecule has 3 nitrogen and oxygen atoms in total. The second-order valence-electron chi connectivity index (χ2n) is 3.51. The summed E-state index contributed by atoms with van der Waals surface area (Å²) >= 11 is 0. The van der Waals surface area contributed by atoms with E-state index in [9.17, 15) is 0 Å². The van der Waals surface area contributed by atoms with Crippen LogP contribution in [0.15, 0.2) is 53.7 Å². The van der Waals surface area contributed by atoms with Crippen molar-refractivity contribution in [1.29, 1.82) is 0 Å². The lowest BCUT2D eigenvalue weighted by molar-refractivity contribution is 0.317. The summed E-state index contributed by atoms with van der Waals surface area (Å²) in [4.78, 5) is 0. The van der Waals surface area contributed by atoms with Gasteiger partial charge in [-0.1, -0.05) is 29.5 Å². The van der Waals surface area contributed by atoms with Crippen molar-refractivity contribution in [3.05, 3.63) is 54.1 Å². The lowest BCUT2D eigenvalue weighted by Crippen LogP contribution is -2.10. The Balaban J connectivity index is 2.27. The molecule has 0 spiro atoms. The highest BCUT2D eigenvalue weighted by Crippen LogP contribution is 2.19. The molecule has 1 aromatic carbocycles. The van der Waals surface area contributed by atoms with E-state index in [2.05, 4.69) is 5.16 Å². The average Bonchev–Trinajstić information content (AvgIpc) is 2.85. The Hall–Kier alpha value is -2.03. The van der Waals surface area contributed by atoms with E-state index >= 15 is 0 Å². The molecule has 0 saturated heterocycles. The maximum atomic E-state index is 9.06. The molecule has 0 aliphatic heterocycles. The monoisotopic (exact) mass is 215 g/mol. The van der Waals surface area contributed by atoms with Gasteiger partial charge in [-0.25, -0.2) is 0 Å². The number of benzene rings is 1. The van der Waals surface area contributed by atoms with Gasteiger partial charge in [-0.15, -0.1) is 0 Å². The first kappa shape index (κ1) is 10.5. The van der Waals surface area contributed by atoms with E-state index in [4.69, 9.17) is 9.94 Å². The topological polar surface area (TPSA) is 41.8 Å². The quantitative estimate of drug-likeness (QED) is 0.478. The number of rotatable bonds is 3. The van der Waals surface area contributed by atoms with Gasteiger partial charge in [0.15, 0.2) is 0 Å². The molecule has 0 aromatic heterocycles. The first-order chi connectivity index (χ1) is 7.85. The van der Waals surface area contributed by atoms with Gasteiger partial charge in [-0.2, -0.15) is 0 Å². The highest BCUT2D eigenvalue weighted by Gasteiger charge is 2.14. The zero-order chi connectivity index (χ0) is 11.4. The zero-order valence-corrected chi connectivity index (χ0v) is 9.00. The number of oxime groups is 1. The van der Waals surface area contributed by atoms with Gasteiger partial charge < -0.3 is 9.94 Å². The van der Waals surface area contributed by atoms with Gasteiger partial charge in [-0.05, 0) is 24.3 Å². The lowest BCUT2D eigenvalue weighted by Gasteiger charge is -2.09. The van der Waals surface area contributed by atoms with Crippen molar-refractivity contribution in [3.63, 3.8) is 0 Å². The second-order valence-corrected chi connectivity index (χ2v) is 3.51. The number of hydrogen-bond donors (Lipinski definition) is 1. The molecule has 0 bridgehead atoms. The van der Waals surface area contributed by atoms with Gasteiger partial charge in [0.2, 0.25) is 0 Å². The van der Waals surface area contributed by atoms with E-state index < -0.39 is 0 Å². The zero-order valence-electron chi connectivity index (χ0n) is 9.00. The van der Waals surface area contributed by atoms with Crippen LogP contribution in [-0.4, -0.2) is 18.0 Å². The summed E-state index contributed by atoms with van der Waals surface area (Å²) < 4.78 is 5.08. The SMILES string of the molecule is COc1ccc(C(=NO)C2C=CC=C2)cc1. The van der Waals surface area contributed by atoms with Gasteiger partial charge in [-0.3, -0.25) is 0 Å². The fraction of sp³-hybridized carbons (Fsp3) is 0.154. The molecule has 0 fully saturated rings. The smallest absolute Gasteiger partial charge is 0.118 e. The van der Waals surface area contributed by atoms with Crippen molar-refractivity contribution in [3.8, 4) is 5.75 Å². The molecular weight excluding hydrogens is 202 g/mol. The Bertz CT molecular complexity index is 432. The van der Waals surface area contributed by atoms with Crippen molar-refractivity contribution in [2.75, 3.05) is 7.11 Å². The van der Waals surface area contributed by atoms with Gasteiger partial charge in [0.1, 0.15) is 5.75 Å². The molecule has 1 aliphatic rings. The molecule has 1 aliphatic carbocycles. The molecule has 16 heavy (non-hydrogen) atoms. The third-order valence-corrected chi connectivity index (χ3v) is 2.56. The second kappa shape index (κ2) is 4.66. The number of allylic oxidation sites excluding steroid dienone is 4. The third-order valence-electron chi connectivity index (χ3n) is 2.56. The average molecular weight is 215 g/mol. The number of methoxy groups -OCH3 is 1. The van der Waals surface area contributed by atoms with Crippen LogP contribution in [0, 0.1) is 5.92 Å². The molecule has 0 heterocycles. The van der Waals surface area contributed by atoms with E-state index in [0.29, 0.717) is 5.71 Å². The van der Waals surface area contributed by atoms with Crippen LogP contribution in [0.1, 0.15) is 5.56 Å². The molecule has 0 unspecified atom stereocenters. The molecule has 0 amide bonds. The normalized spacial score (nSPS) is 15.7.